The summed E-state index contributed by atoms with van der Waals surface area (Å²) in [6.07, 6.45) is 0.507. The van der Waals surface area contributed by atoms with Gasteiger partial charge in [0.05, 0.1) is 19.3 Å². The van der Waals surface area contributed by atoms with E-state index in [4.69, 9.17) is 14.2 Å². The van der Waals surface area contributed by atoms with E-state index in [2.05, 4.69) is 5.32 Å². The number of benzene rings is 1. The Kier molecular flexibility index (Phi) is 6.95. The number of esters is 2. The second kappa shape index (κ2) is 9.47. The molecule has 3 atom stereocenters. The van der Waals surface area contributed by atoms with Gasteiger partial charge in [0.1, 0.15) is 12.5 Å². The molecule has 0 unspecified atom stereocenters. The molecule has 0 radical (unpaired) electrons. The van der Waals surface area contributed by atoms with E-state index >= 15 is 0 Å². The van der Waals surface area contributed by atoms with E-state index in [-0.39, 0.29) is 24.9 Å². The number of hydrogen-bond acceptors (Lipinski definition) is 7. The van der Waals surface area contributed by atoms with Gasteiger partial charge in [0.15, 0.2) is 5.78 Å². The van der Waals surface area contributed by atoms with Crippen LogP contribution in [0.4, 0.5) is 0 Å². The molecule has 0 saturated heterocycles. The van der Waals surface area contributed by atoms with Crippen LogP contribution in [0.15, 0.2) is 46.8 Å². The first-order chi connectivity index (χ1) is 14.8. The molecule has 0 amide bonds. The highest BCUT2D eigenvalue weighted by Crippen LogP contribution is 2.46. The molecule has 31 heavy (non-hydrogen) atoms. The largest absolute Gasteiger partial charge is 0.468 e. The summed E-state index contributed by atoms with van der Waals surface area (Å²) >= 11 is 0. The molecule has 2 aliphatic rings. The van der Waals surface area contributed by atoms with Crippen LogP contribution >= 0.6 is 0 Å². The molecule has 7 nitrogen and oxygen atoms in total. The molecule has 7 heteroatoms. The minimum Gasteiger partial charge on any atom is -0.468 e. The Morgan fingerprint density at radius 2 is 1.84 bits per heavy atom. The maximum Gasteiger partial charge on any atom is 0.336 e. The number of methoxy groups -OCH3 is 2. The van der Waals surface area contributed by atoms with Crippen LogP contribution in [0, 0.1) is 18.8 Å². The molecular formula is C24H29NO6. The first-order valence-electron chi connectivity index (χ1n) is 10.4. The van der Waals surface area contributed by atoms with Crippen molar-refractivity contribution in [1.82, 2.24) is 5.32 Å². The zero-order chi connectivity index (χ0) is 22.7. The van der Waals surface area contributed by atoms with Gasteiger partial charge >= 0.3 is 11.9 Å². The molecule has 0 spiro atoms. The molecule has 0 saturated carbocycles. The minimum atomic E-state index is -0.902. The highest BCUT2D eigenvalue weighted by Gasteiger charge is 2.47. The Morgan fingerprint density at radius 3 is 2.48 bits per heavy atom. The maximum atomic E-state index is 13.6. The number of carbonyl (C=O) groups is 3. The van der Waals surface area contributed by atoms with E-state index in [1.807, 2.05) is 45.0 Å². The maximum absolute atomic E-state index is 13.6. The summed E-state index contributed by atoms with van der Waals surface area (Å²) in [5.74, 6) is -3.12. The van der Waals surface area contributed by atoms with Crippen molar-refractivity contribution in [2.24, 2.45) is 11.8 Å². The third-order valence-corrected chi connectivity index (χ3v) is 5.98. The SMILES string of the molecule is COCCOC(=O)C1=C(C)NC2=C(C(=O)[C@@H](C(=O)OC)[C@@H](C)C2)[C@H]1c1ccccc1C. The van der Waals surface area contributed by atoms with Crippen molar-refractivity contribution in [3.05, 3.63) is 57.9 Å². The molecule has 0 aromatic heterocycles. The monoisotopic (exact) mass is 427 g/mol. The average molecular weight is 427 g/mol. The van der Waals surface area contributed by atoms with Gasteiger partial charge in [-0.05, 0) is 37.3 Å². The molecule has 0 bridgehead atoms. The van der Waals surface area contributed by atoms with Gasteiger partial charge < -0.3 is 19.5 Å². The summed E-state index contributed by atoms with van der Waals surface area (Å²) in [6, 6.07) is 7.63. The number of ketones is 1. The van der Waals surface area contributed by atoms with E-state index in [1.165, 1.54) is 14.2 Å². The lowest BCUT2D eigenvalue weighted by Crippen LogP contribution is -2.43. The van der Waals surface area contributed by atoms with E-state index in [0.717, 1.165) is 16.8 Å². The average Bonchev–Trinajstić information content (AvgIpc) is 2.73. The Morgan fingerprint density at radius 1 is 1.13 bits per heavy atom. The van der Waals surface area contributed by atoms with Gasteiger partial charge in [-0.25, -0.2) is 4.79 Å². The quantitative estimate of drug-likeness (QED) is 0.424. The Labute approximate surface area is 182 Å². The summed E-state index contributed by atoms with van der Waals surface area (Å²) in [4.78, 5) is 39.1. The lowest BCUT2D eigenvalue weighted by molar-refractivity contribution is -0.151. The summed E-state index contributed by atoms with van der Waals surface area (Å²) < 4.78 is 15.3. The zero-order valence-corrected chi connectivity index (χ0v) is 18.6. The fourth-order valence-corrected chi connectivity index (χ4v) is 4.47. The van der Waals surface area contributed by atoms with Crippen LogP contribution in [0.5, 0.6) is 0 Å². The van der Waals surface area contributed by atoms with Gasteiger partial charge in [0, 0.05) is 30.0 Å². The van der Waals surface area contributed by atoms with Crippen LogP contribution in [0.1, 0.15) is 37.3 Å². The highest BCUT2D eigenvalue weighted by molar-refractivity contribution is 6.12. The molecule has 1 aliphatic heterocycles. The third-order valence-electron chi connectivity index (χ3n) is 5.98. The third kappa shape index (κ3) is 4.28. The lowest BCUT2D eigenvalue weighted by Gasteiger charge is -2.38. The van der Waals surface area contributed by atoms with Gasteiger partial charge in [0.2, 0.25) is 0 Å². The summed E-state index contributed by atoms with van der Waals surface area (Å²) in [5, 5.41) is 3.25. The Bertz CT molecular complexity index is 961. The number of hydrogen-bond donors (Lipinski definition) is 1. The van der Waals surface area contributed by atoms with Crippen LogP contribution in [-0.2, 0) is 28.6 Å². The number of carbonyl (C=O) groups excluding carboxylic acids is 3. The zero-order valence-electron chi connectivity index (χ0n) is 18.6. The highest BCUT2D eigenvalue weighted by atomic mass is 16.6. The second-order valence-electron chi connectivity index (χ2n) is 8.02. The molecule has 3 rings (SSSR count). The van der Waals surface area contributed by atoms with Gasteiger partial charge in [-0.3, -0.25) is 9.59 Å². The van der Waals surface area contributed by atoms with Crippen LogP contribution in [0.2, 0.25) is 0 Å². The first kappa shape index (κ1) is 22.7. The number of nitrogens with one attached hydrogen (secondary N) is 1. The number of ether oxygens (including phenoxy) is 3. The fraction of sp³-hybridized carbons (Fsp3) is 0.458. The number of dihydropyridines is 1. The molecular weight excluding hydrogens is 398 g/mol. The molecule has 1 aromatic carbocycles. The molecule has 1 aliphatic carbocycles. The van der Waals surface area contributed by atoms with Crippen molar-refractivity contribution < 1.29 is 28.6 Å². The van der Waals surface area contributed by atoms with E-state index in [9.17, 15) is 14.4 Å². The van der Waals surface area contributed by atoms with Crippen molar-refractivity contribution in [1.29, 1.82) is 0 Å². The number of allylic oxidation sites excluding steroid dienone is 3. The second-order valence-corrected chi connectivity index (χ2v) is 8.02. The van der Waals surface area contributed by atoms with Crippen LogP contribution in [-0.4, -0.2) is 45.2 Å². The van der Waals surface area contributed by atoms with Gasteiger partial charge in [-0.15, -0.1) is 0 Å². The Balaban J connectivity index is 2.14. The van der Waals surface area contributed by atoms with Gasteiger partial charge in [-0.2, -0.15) is 0 Å². The molecule has 1 N–H and O–H groups in total. The van der Waals surface area contributed by atoms with Crippen molar-refractivity contribution in [2.45, 2.75) is 33.1 Å². The smallest absolute Gasteiger partial charge is 0.336 e. The first-order valence-corrected chi connectivity index (χ1v) is 10.4. The molecule has 0 fully saturated rings. The molecule has 1 aromatic rings. The summed E-state index contributed by atoms with van der Waals surface area (Å²) in [7, 11) is 2.81. The van der Waals surface area contributed by atoms with Crippen LogP contribution in [0.25, 0.3) is 0 Å². The fourth-order valence-electron chi connectivity index (χ4n) is 4.47. The number of Topliss-reactive ketones (excluding diaryl/α,β-unsaturated/α-hetero) is 1. The van der Waals surface area contributed by atoms with Crippen molar-refractivity contribution in [3.8, 4) is 0 Å². The van der Waals surface area contributed by atoms with Crippen LogP contribution < -0.4 is 5.32 Å². The molecule has 166 valence electrons. The van der Waals surface area contributed by atoms with Crippen molar-refractivity contribution >= 4 is 17.7 Å². The van der Waals surface area contributed by atoms with Crippen molar-refractivity contribution in [3.63, 3.8) is 0 Å². The minimum absolute atomic E-state index is 0.105. The van der Waals surface area contributed by atoms with E-state index in [0.29, 0.717) is 23.3 Å². The van der Waals surface area contributed by atoms with Crippen molar-refractivity contribution in [2.75, 3.05) is 27.4 Å². The van der Waals surface area contributed by atoms with E-state index < -0.39 is 23.8 Å². The number of aryl methyl sites for hydroxylation is 1. The predicted molar refractivity (Wildman–Crippen MR) is 114 cm³/mol. The predicted octanol–water partition coefficient (Wildman–Crippen LogP) is 2.80. The van der Waals surface area contributed by atoms with Gasteiger partial charge in [0.25, 0.3) is 0 Å². The summed E-state index contributed by atoms with van der Waals surface area (Å²) in [5.41, 5.74) is 3.98. The van der Waals surface area contributed by atoms with Crippen LogP contribution in [0.3, 0.4) is 0 Å². The lowest BCUT2D eigenvalue weighted by atomic mass is 9.68. The topological polar surface area (TPSA) is 90.9 Å². The van der Waals surface area contributed by atoms with E-state index in [1.54, 1.807) is 0 Å². The normalized spacial score (nSPS) is 23.3. The molecule has 1 heterocycles. The Hall–Kier alpha value is -2.93. The standard InChI is InChI=1S/C24H29NO6/c1-13-8-6-7-9-16(13)20-19(24(28)31-11-10-29-4)15(3)25-17-12-14(2)18(23(27)30-5)22(26)21(17)20/h6-9,14,18,20,25H,10-12H2,1-5H3/t14-,18-,20-/m0/s1. The summed E-state index contributed by atoms with van der Waals surface area (Å²) in [6.45, 7) is 5.99. The van der Waals surface area contributed by atoms with Gasteiger partial charge in [-0.1, -0.05) is 31.2 Å². The number of rotatable bonds is 6.